The van der Waals surface area contributed by atoms with Crippen molar-refractivity contribution in [3.63, 3.8) is 0 Å². The maximum absolute atomic E-state index is 11.6. The Labute approximate surface area is 137 Å². The molecule has 0 bridgehead atoms. The Morgan fingerprint density at radius 1 is 1.17 bits per heavy atom. The van der Waals surface area contributed by atoms with E-state index in [-0.39, 0.29) is 11.6 Å². The Morgan fingerprint density at radius 2 is 2.00 bits per heavy atom. The van der Waals surface area contributed by atoms with E-state index >= 15 is 0 Å². The monoisotopic (exact) mass is 319 g/mol. The highest BCUT2D eigenvalue weighted by Crippen LogP contribution is 2.27. The first-order chi connectivity index (χ1) is 11.6. The van der Waals surface area contributed by atoms with Gasteiger partial charge in [-0.2, -0.15) is 0 Å². The molecule has 1 amide bonds. The van der Waals surface area contributed by atoms with Crippen molar-refractivity contribution in [2.45, 2.75) is 0 Å². The number of carboxylic acids is 1. The van der Waals surface area contributed by atoms with E-state index in [1.807, 2.05) is 12.1 Å². The molecule has 0 fully saturated rings. The molecule has 0 atom stereocenters. The van der Waals surface area contributed by atoms with Crippen molar-refractivity contribution in [2.24, 2.45) is 0 Å². The normalized spacial score (nSPS) is 10.3. The summed E-state index contributed by atoms with van der Waals surface area (Å²) < 4.78 is 0. The predicted octanol–water partition coefficient (Wildman–Crippen LogP) is 3.12. The van der Waals surface area contributed by atoms with Gasteiger partial charge in [0.05, 0.1) is 16.9 Å². The summed E-state index contributed by atoms with van der Waals surface area (Å²) in [5.41, 5.74) is 2.53. The Hall–Kier alpha value is -3.54. The van der Waals surface area contributed by atoms with E-state index in [2.05, 4.69) is 21.9 Å². The van der Waals surface area contributed by atoms with Crippen molar-refractivity contribution >= 4 is 28.5 Å². The smallest absolute Gasteiger partial charge is 0.354 e. The van der Waals surface area contributed by atoms with Gasteiger partial charge >= 0.3 is 5.97 Å². The van der Waals surface area contributed by atoms with Crippen molar-refractivity contribution < 1.29 is 14.7 Å². The number of hydrogen-bond donors (Lipinski definition) is 2. The standard InChI is InChI=1S/C18H13N3O3/c1-2-17(22)21-15-8-9-19-14-7-6-11(10-12(14)15)13-4-3-5-16(20-13)18(23)24/h2-10H,1H2,(H,23,24)(H,19,21,22). The molecule has 6 heteroatoms. The summed E-state index contributed by atoms with van der Waals surface area (Å²) in [5.74, 6) is -1.41. The van der Waals surface area contributed by atoms with Crippen LogP contribution >= 0.6 is 0 Å². The average molecular weight is 319 g/mol. The minimum absolute atomic E-state index is 0.0287. The SMILES string of the molecule is C=CC(=O)Nc1ccnc2ccc(-c3cccc(C(=O)O)n3)cc12. The average Bonchev–Trinajstić information content (AvgIpc) is 2.61. The fourth-order valence-electron chi connectivity index (χ4n) is 2.31. The number of amides is 1. The molecular formula is C18H13N3O3. The van der Waals surface area contributed by atoms with Crippen LogP contribution in [0.25, 0.3) is 22.2 Å². The lowest BCUT2D eigenvalue weighted by molar-refractivity contribution is -0.111. The topological polar surface area (TPSA) is 92.2 Å². The van der Waals surface area contributed by atoms with Gasteiger partial charge in [0, 0.05) is 17.1 Å². The molecule has 0 spiro atoms. The number of benzene rings is 1. The molecular weight excluding hydrogens is 306 g/mol. The molecule has 0 aliphatic carbocycles. The lowest BCUT2D eigenvalue weighted by Crippen LogP contribution is -2.07. The maximum Gasteiger partial charge on any atom is 0.354 e. The number of hydrogen-bond acceptors (Lipinski definition) is 4. The van der Waals surface area contributed by atoms with Gasteiger partial charge in [-0.15, -0.1) is 0 Å². The predicted molar refractivity (Wildman–Crippen MR) is 90.8 cm³/mol. The van der Waals surface area contributed by atoms with Gasteiger partial charge in [0.15, 0.2) is 0 Å². The summed E-state index contributed by atoms with van der Waals surface area (Å²) in [5, 5.41) is 12.5. The van der Waals surface area contributed by atoms with Crippen LogP contribution in [0, 0.1) is 0 Å². The molecule has 6 nitrogen and oxygen atoms in total. The Morgan fingerprint density at radius 3 is 2.75 bits per heavy atom. The van der Waals surface area contributed by atoms with E-state index in [4.69, 9.17) is 5.11 Å². The summed E-state index contributed by atoms with van der Waals surface area (Å²) in [6.45, 7) is 3.43. The maximum atomic E-state index is 11.6. The minimum atomic E-state index is -1.08. The number of aromatic carboxylic acids is 1. The van der Waals surface area contributed by atoms with Gasteiger partial charge in [-0.1, -0.05) is 18.7 Å². The van der Waals surface area contributed by atoms with Crippen LogP contribution in [0.5, 0.6) is 0 Å². The van der Waals surface area contributed by atoms with Crippen molar-refractivity contribution in [3.8, 4) is 11.3 Å². The second-order valence-electron chi connectivity index (χ2n) is 5.00. The van der Waals surface area contributed by atoms with Gasteiger partial charge in [-0.25, -0.2) is 9.78 Å². The first-order valence-corrected chi connectivity index (χ1v) is 7.11. The van der Waals surface area contributed by atoms with E-state index < -0.39 is 5.97 Å². The third-order valence-electron chi connectivity index (χ3n) is 3.45. The van der Waals surface area contributed by atoms with Crippen molar-refractivity contribution in [2.75, 3.05) is 5.32 Å². The zero-order valence-electron chi connectivity index (χ0n) is 12.6. The number of nitrogens with one attached hydrogen (secondary N) is 1. The second-order valence-corrected chi connectivity index (χ2v) is 5.00. The summed E-state index contributed by atoms with van der Waals surface area (Å²) in [6.07, 6.45) is 2.79. The molecule has 0 radical (unpaired) electrons. The van der Waals surface area contributed by atoms with E-state index in [1.54, 1.807) is 30.5 Å². The van der Waals surface area contributed by atoms with Crippen molar-refractivity contribution in [1.82, 2.24) is 9.97 Å². The van der Waals surface area contributed by atoms with Crippen LogP contribution in [-0.2, 0) is 4.79 Å². The van der Waals surface area contributed by atoms with Crippen LogP contribution in [0.4, 0.5) is 5.69 Å². The minimum Gasteiger partial charge on any atom is -0.477 e. The summed E-state index contributed by atoms with van der Waals surface area (Å²) in [7, 11) is 0. The van der Waals surface area contributed by atoms with E-state index in [0.717, 1.165) is 10.9 Å². The zero-order chi connectivity index (χ0) is 17.1. The molecule has 1 aromatic carbocycles. The van der Waals surface area contributed by atoms with Gasteiger partial charge in [0.1, 0.15) is 5.69 Å². The number of rotatable bonds is 4. The fourth-order valence-corrected chi connectivity index (χ4v) is 2.31. The lowest BCUT2D eigenvalue weighted by atomic mass is 10.1. The van der Waals surface area contributed by atoms with Crippen LogP contribution in [0.1, 0.15) is 10.5 Å². The second kappa shape index (κ2) is 6.29. The van der Waals surface area contributed by atoms with Crippen LogP contribution in [0.2, 0.25) is 0 Å². The van der Waals surface area contributed by atoms with Crippen LogP contribution in [0.15, 0.2) is 61.3 Å². The number of aromatic nitrogens is 2. The molecule has 118 valence electrons. The Kier molecular flexibility index (Phi) is 4.03. The van der Waals surface area contributed by atoms with Crippen molar-refractivity contribution in [3.05, 3.63) is 67.0 Å². The van der Waals surface area contributed by atoms with Crippen LogP contribution < -0.4 is 5.32 Å². The zero-order valence-corrected chi connectivity index (χ0v) is 12.6. The molecule has 24 heavy (non-hydrogen) atoms. The molecule has 0 saturated heterocycles. The number of anilines is 1. The largest absolute Gasteiger partial charge is 0.477 e. The third kappa shape index (κ3) is 2.98. The molecule has 0 aliphatic rings. The van der Waals surface area contributed by atoms with Gasteiger partial charge in [-0.05, 0) is 36.4 Å². The molecule has 0 unspecified atom stereocenters. The van der Waals surface area contributed by atoms with E-state index in [9.17, 15) is 9.59 Å². The molecule has 3 rings (SSSR count). The van der Waals surface area contributed by atoms with Crippen LogP contribution in [-0.4, -0.2) is 27.0 Å². The summed E-state index contributed by atoms with van der Waals surface area (Å²) in [6, 6.07) is 11.9. The van der Waals surface area contributed by atoms with E-state index in [0.29, 0.717) is 16.9 Å². The molecule has 3 aromatic rings. The highest BCUT2D eigenvalue weighted by molar-refractivity contribution is 6.05. The fraction of sp³-hybridized carbons (Fsp3) is 0. The van der Waals surface area contributed by atoms with Crippen molar-refractivity contribution in [1.29, 1.82) is 0 Å². The number of fused-ring (bicyclic) bond motifs is 1. The number of carbonyl (C=O) groups is 2. The van der Waals surface area contributed by atoms with Gasteiger partial charge < -0.3 is 10.4 Å². The third-order valence-corrected chi connectivity index (χ3v) is 3.45. The first-order valence-electron chi connectivity index (χ1n) is 7.11. The van der Waals surface area contributed by atoms with Gasteiger partial charge in [0.25, 0.3) is 0 Å². The van der Waals surface area contributed by atoms with Gasteiger partial charge in [-0.3, -0.25) is 9.78 Å². The van der Waals surface area contributed by atoms with E-state index in [1.165, 1.54) is 12.1 Å². The first kappa shape index (κ1) is 15.4. The lowest BCUT2D eigenvalue weighted by Gasteiger charge is -2.09. The molecule has 2 N–H and O–H groups in total. The highest BCUT2D eigenvalue weighted by Gasteiger charge is 2.09. The summed E-state index contributed by atoms with van der Waals surface area (Å²) in [4.78, 5) is 31.0. The molecule has 0 aliphatic heterocycles. The Balaban J connectivity index is 2.12. The molecule has 0 saturated carbocycles. The summed E-state index contributed by atoms with van der Waals surface area (Å²) >= 11 is 0. The number of carboxylic acid groups (broad SMARTS) is 1. The van der Waals surface area contributed by atoms with Gasteiger partial charge in [0.2, 0.25) is 5.91 Å². The Bertz CT molecular complexity index is 967. The van der Waals surface area contributed by atoms with Crippen LogP contribution in [0.3, 0.4) is 0 Å². The number of nitrogens with zero attached hydrogens (tertiary/aromatic N) is 2. The molecule has 2 heterocycles. The number of pyridine rings is 2. The quantitative estimate of drug-likeness (QED) is 0.721. The number of carbonyl (C=O) groups excluding carboxylic acids is 1. The highest BCUT2D eigenvalue weighted by atomic mass is 16.4. The molecule has 2 aromatic heterocycles.